The van der Waals surface area contributed by atoms with E-state index in [4.69, 9.17) is 9.47 Å². The number of rotatable bonds is 5. The van der Waals surface area contributed by atoms with Crippen molar-refractivity contribution in [3.8, 4) is 5.75 Å². The molecule has 1 aromatic carbocycles. The standard InChI is InChI=1S/C20H24FN3O3/c1-13-11-24(12-14(2)27-13)19-7-4-15(9-22-19)10-23-20(25)16-5-6-18(26-3)17(21)8-16/h4-9,13-14H,10-12H2,1-3H3,(H,23,25). The van der Waals surface area contributed by atoms with Crippen molar-refractivity contribution in [2.75, 3.05) is 25.1 Å². The quantitative estimate of drug-likeness (QED) is 0.873. The van der Waals surface area contributed by atoms with Crippen LogP contribution < -0.4 is 15.0 Å². The van der Waals surface area contributed by atoms with Gasteiger partial charge in [0, 0.05) is 31.4 Å². The summed E-state index contributed by atoms with van der Waals surface area (Å²) in [4.78, 5) is 18.9. The van der Waals surface area contributed by atoms with E-state index in [1.165, 1.54) is 19.2 Å². The highest BCUT2D eigenvalue weighted by Gasteiger charge is 2.23. The van der Waals surface area contributed by atoms with E-state index in [-0.39, 0.29) is 29.4 Å². The molecule has 2 unspecified atom stereocenters. The lowest BCUT2D eigenvalue weighted by Crippen LogP contribution is -2.45. The minimum Gasteiger partial charge on any atom is -0.494 e. The van der Waals surface area contributed by atoms with Gasteiger partial charge in [0.05, 0.1) is 19.3 Å². The summed E-state index contributed by atoms with van der Waals surface area (Å²) in [6, 6.07) is 8.00. The lowest BCUT2D eigenvalue weighted by Gasteiger charge is -2.36. The van der Waals surface area contributed by atoms with Gasteiger partial charge >= 0.3 is 0 Å². The van der Waals surface area contributed by atoms with Crippen LogP contribution in [0, 0.1) is 5.82 Å². The molecule has 1 N–H and O–H groups in total. The number of pyridine rings is 1. The number of nitrogens with zero attached hydrogens (tertiary/aromatic N) is 2. The van der Waals surface area contributed by atoms with Crippen LogP contribution in [0.15, 0.2) is 36.5 Å². The molecule has 144 valence electrons. The van der Waals surface area contributed by atoms with Gasteiger partial charge in [0.25, 0.3) is 5.91 Å². The van der Waals surface area contributed by atoms with Crippen LogP contribution in [0.3, 0.4) is 0 Å². The second kappa shape index (κ2) is 8.35. The van der Waals surface area contributed by atoms with Crippen molar-refractivity contribution in [3.63, 3.8) is 0 Å². The third kappa shape index (κ3) is 4.74. The van der Waals surface area contributed by atoms with Crippen molar-refractivity contribution in [3.05, 3.63) is 53.5 Å². The molecule has 2 aromatic rings. The van der Waals surface area contributed by atoms with Crippen LogP contribution in [0.5, 0.6) is 5.75 Å². The molecule has 1 fully saturated rings. The first kappa shape index (κ1) is 19.1. The topological polar surface area (TPSA) is 63.7 Å². The molecule has 1 aliphatic rings. The van der Waals surface area contributed by atoms with Gasteiger partial charge in [-0.3, -0.25) is 4.79 Å². The minimum atomic E-state index is -0.565. The van der Waals surface area contributed by atoms with Crippen LogP contribution in [0.25, 0.3) is 0 Å². The Morgan fingerprint density at radius 2 is 2.04 bits per heavy atom. The van der Waals surface area contributed by atoms with Crippen molar-refractivity contribution < 1.29 is 18.7 Å². The van der Waals surface area contributed by atoms with E-state index in [0.29, 0.717) is 6.54 Å². The Kier molecular flexibility index (Phi) is 5.91. The highest BCUT2D eigenvalue weighted by atomic mass is 19.1. The molecule has 6 nitrogen and oxygen atoms in total. The maximum Gasteiger partial charge on any atom is 0.251 e. The SMILES string of the molecule is COc1ccc(C(=O)NCc2ccc(N3CC(C)OC(C)C3)nc2)cc1F. The maximum atomic E-state index is 13.7. The van der Waals surface area contributed by atoms with Gasteiger partial charge in [0.1, 0.15) is 5.82 Å². The smallest absolute Gasteiger partial charge is 0.251 e. The zero-order valence-electron chi connectivity index (χ0n) is 15.7. The lowest BCUT2D eigenvalue weighted by molar-refractivity contribution is -0.00546. The molecule has 0 aliphatic carbocycles. The van der Waals surface area contributed by atoms with Gasteiger partial charge in [-0.2, -0.15) is 0 Å². The van der Waals surface area contributed by atoms with Gasteiger partial charge in [-0.05, 0) is 43.7 Å². The number of amides is 1. The first-order chi connectivity index (χ1) is 13.0. The zero-order chi connectivity index (χ0) is 19.4. The van der Waals surface area contributed by atoms with Crippen molar-refractivity contribution >= 4 is 11.7 Å². The predicted molar refractivity (Wildman–Crippen MR) is 101 cm³/mol. The summed E-state index contributed by atoms with van der Waals surface area (Å²) >= 11 is 0. The van der Waals surface area contributed by atoms with E-state index in [2.05, 4.69) is 29.0 Å². The summed E-state index contributed by atoms with van der Waals surface area (Å²) in [6.45, 7) is 6.02. The monoisotopic (exact) mass is 373 g/mol. The molecule has 3 rings (SSSR count). The molecule has 2 heterocycles. The molecule has 27 heavy (non-hydrogen) atoms. The van der Waals surface area contributed by atoms with Gasteiger partial charge in [0.15, 0.2) is 11.6 Å². The van der Waals surface area contributed by atoms with Gasteiger partial charge in [-0.25, -0.2) is 9.37 Å². The number of nitrogens with one attached hydrogen (secondary N) is 1. The number of hydrogen-bond acceptors (Lipinski definition) is 5. The number of benzene rings is 1. The minimum absolute atomic E-state index is 0.109. The number of anilines is 1. The second-order valence-corrected chi connectivity index (χ2v) is 6.72. The van der Waals surface area contributed by atoms with Crippen molar-refractivity contribution in [1.29, 1.82) is 0 Å². The summed E-state index contributed by atoms with van der Waals surface area (Å²) in [5.41, 5.74) is 1.12. The van der Waals surface area contributed by atoms with Crippen LogP contribution >= 0.6 is 0 Å². The maximum absolute atomic E-state index is 13.7. The van der Waals surface area contributed by atoms with Crippen LogP contribution in [0.2, 0.25) is 0 Å². The number of halogens is 1. The summed E-state index contributed by atoms with van der Waals surface area (Å²) < 4.78 is 24.3. The number of hydrogen-bond donors (Lipinski definition) is 1. The third-order valence-electron chi connectivity index (χ3n) is 4.42. The first-order valence-corrected chi connectivity index (χ1v) is 8.93. The van der Waals surface area contributed by atoms with Crippen molar-refractivity contribution in [2.24, 2.45) is 0 Å². The zero-order valence-corrected chi connectivity index (χ0v) is 15.7. The summed E-state index contributed by atoms with van der Waals surface area (Å²) in [5, 5.41) is 2.77. The number of ether oxygens (including phenoxy) is 2. The second-order valence-electron chi connectivity index (χ2n) is 6.72. The highest BCUT2D eigenvalue weighted by molar-refractivity contribution is 5.94. The number of methoxy groups -OCH3 is 1. The average molecular weight is 373 g/mol. The molecule has 0 bridgehead atoms. The Morgan fingerprint density at radius 1 is 1.30 bits per heavy atom. The van der Waals surface area contributed by atoms with E-state index in [1.807, 2.05) is 12.1 Å². The molecule has 0 spiro atoms. The van der Waals surface area contributed by atoms with Crippen LogP contribution in [0.1, 0.15) is 29.8 Å². The number of aromatic nitrogens is 1. The molecule has 7 heteroatoms. The van der Waals surface area contributed by atoms with Crippen LogP contribution in [-0.2, 0) is 11.3 Å². The fourth-order valence-corrected chi connectivity index (χ4v) is 3.17. The Morgan fingerprint density at radius 3 is 2.63 bits per heavy atom. The molecular weight excluding hydrogens is 349 g/mol. The summed E-state index contributed by atoms with van der Waals surface area (Å²) in [5.74, 6) is 0.0870. The van der Waals surface area contributed by atoms with E-state index >= 15 is 0 Å². The van der Waals surface area contributed by atoms with Gasteiger partial charge in [-0.1, -0.05) is 6.07 Å². The number of carbonyl (C=O) groups is 1. The van der Waals surface area contributed by atoms with E-state index < -0.39 is 5.82 Å². The molecule has 1 aliphatic heterocycles. The van der Waals surface area contributed by atoms with Crippen LogP contribution in [-0.4, -0.2) is 43.3 Å². The molecule has 0 radical (unpaired) electrons. The Hall–Kier alpha value is -2.67. The van der Waals surface area contributed by atoms with E-state index in [1.54, 1.807) is 6.20 Å². The number of carbonyl (C=O) groups excluding carboxylic acids is 1. The predicted octanol–water partition coefficient (Wildman–Crippen LogP) is 2.77. The highest BCUT2D eigenvalue weighted by Crippen LogP contribution is 2.19. The number of morpholine rings is 1. The molecule has 0 saturated carbocycles. The molecule has 1 aromatic heterocycles. The third-order valence-corrected chi connectivity index (χ3v) is 4.42. The average Bonchev–Trinajstić information content (AvgIpc) is 2.65. The normalized spacial score (nSPS) is 19.6. The molecule has 2 atom stereocenters. The van der Waals surface area contributed by atoms with Gasteiger partial charge in [-0.15, -0.1) is 0 Å². The summed E-state index contributed by atoms with van der Waals surface area (Å²) in [7, 11) is 1.38. The molecule has 1 saturated heterocycles. The fourth-order valence-electron chi connectivity index (χ4n) is 3.17. The Labute approximate surface area is 158 Å². The first-order valence-electron chi connectivity index (χ1n) is 8.93. The van der Waals surface area contributed by atoms with E-state index in [9.17, 15) is 9.18 Å². The van der Waals surface area contributed by atoms with Crippen molar-refractivity contribution in [1.82, 2.24) is 10.3 Å². The van der Waals surface area contributed by atoms with E-state index in [0.717, 1.165) is 30.5 Å². The van der Waals surface area contributed by atoms with Crippen molar-refractivity contribution in [2.45, 2.75) is 32.6 Å². The lowest BCUT2D eigenvalue weighted by atomic mass is 10.2. The fraction of sp³-hybridized carbons (Fsp3) is 0.400. The Bertz CT molecular complexity index is 788. The largest absolute Gasteiger partial charge is 0.494 e. The van der Waals surface area contributed by atoms with Crippen LogP contribution in [0.4, 0.5) is 10.2 Å². The molecular formula is C20H24FN3O3. The van der Waals surface area contributed by atoms with Gasteiger partial charge < -0.3 is 19.7 Å². The Balaban J connectivity index is 1.58. The summed E-state index contributed by atoms with van der Waals surface area (Å²) in [6.07, 6.45) is 2.08. The van der Waals surface area contributed by atoms with Gasteiger partial charge in [0.2, 0.25) is 0 Å². The molecule has 1 amide bonds.